The minimum atomic E-state index is -1.21. The number of fused-ring (bicyclic) bond motifs is 3. The van der Waals surface area contributed by atoms with Crippen molar-refractivity contribution in [1.29, 1.82) is 0 Å². The second kappa shape index (κ2) is 6.86. The van der Waals surface area contributed by atoms with E-state index in [1.165, 1.54) is 6.92 Å². The number of carbonyl (C=O) groups is 3. The summed E-state index contributed by atoms with van der Waals surface area (Å²) in [5.74, 6) is -1.82. The van der Waals surface area contributed by atoms with Gasteiger partial charge in [0.05, 0.1) is 5.60 Å². The molecule has 1 N–H and O–H groups in total. The maximum atomic E-state index is 12.8. The fourth-order valence-electron chi connectivity index (χ4n) is 5.09. The van der Waals surface area contributed by atoms with E-state index in [0.717, 1.165) is 11.1 Å². The smallest absolute Gasteiger partial charge is 0.302 e. The monoisotopic (exact) mass is 372 g/mol. The zero-order chi connectivity index (χ0) is 20.1. The van der Waals surface area contributed by atoms with Gasteiger partial charge < -0.3 is 9.84 Å². The molecule has 27 heavy (non-hydrogen) atoms. The SMILES string of the molecule is CC(=O)OCC1=C[C@H]2C(=C(C)C)C(=O)C[C@@H](C)[C@]2(O)C2C=C(C)C(=O)C2C1. The second-order valence-corrected chi connectivity index (χ2v) is 8.46. The molecule has 0 radical (unpaired) electrons. The van der Waals surface area contributed by atoms with Crippen molar-refractivity contribution in [2.45, 2.75) is 53.1 Å². The summed E-state index contributed by atoms with van der Waals surface area (Å²) < 4.78 is 5.19. The van der Waals surface area contributed by atoms with Crippen LogP contribution >= 0.6 is 0 Å². The van der Waals surface area contributed by atoms with Crippen molar-refractivity contribution in [3.63, 3.8) is 0 Å². The van der Waals surface area contributed by atoms with Crippen molar-refractivity contribution < 1.29 is 24.2 Å². The lowest BCUT2D eigenvalue weighted by atomic mass is 9.59. The van der Waals surface area contributed by atoms with Crippen LogP contribution in [0, 0.1) is 23.7 Å². The number of hydrogen-bond acceptors (Lipinski definition) is 5. The normalized spacial score (nSPS) is 35.7. The predicted octanol–water partition coefficient (Wildman–Crippen LogP) is 2.93. The summed E-state index contributed by atoms with van der Waals surface area (Å²) >= 11 is 0. The van der Waals surface area contributed by atoms with Gasteiger partial charge in [0, 0.05) is 36.7 Å². The third-order valence-corrected chi connectivity index (χ3v) is 6.40. The lowest BCUT2D eigenvalue weighted by molar-refractivity contribution is -0.140. The lowest BCUT2D eigenvalue weighted by Gasteiger charge is -2.48. The van der Waals surface area contributed by atoms with Crippen molar-refractivity contribution in [1.82, 2.24) is 0 Å². The molecule has 0 aromatic rings. The van der Waals surface area contributed by atoms with Gasteiger partial charge in [0.25, 0.3) is 0 Å². The van der Waals surface area contributed by atoms with Gasteiger partial charge in [-0.2, -0.15) is 0 Å². The molecule has 5 heteroatoms. The van der Waals surface area contributed by atoms with Gasteiger partial charge in [-0.25, -0.2) is 0 Å². The van der Waals surface area contributed by atoms with Gasteiger partial charge in [-0.15, -0.1) is 0 Å². The molecule has 1 fully saturated rings. The maximum Gasteiger partial charge on any atom is 0.302 e. The first-order valence-electron chi connectivity index (χ1n) is 9.55. The number of esters is 1. The van der Waals surface area contributed by atoms with E-state index in [2.05, 4.69) is 0 Å². The van der Waals surface area contributed by atoms with Crippen LogP contribution < -0.4 is 0 Å². The molecular weight excluding hydrogens is 344 g/mol. The predicted molar refractivity (Wildman–Crippen MR) is 101 cm³/mol. The highest BCUT2D eigenvalue weighted by Crippen LogP contribution is 2.54. The number of ketones is 2. The molecule has 146 valence electrons. The van der Waals surface area contributed by atoms with Crippen LogP contribution in [-0.4, -0.2) is 34.9 Å². The highest BCUT2D eigenvalue weighted by atomic mass is 16.5. The lowest BCUT2D eigenvalue weighted by Crippen LogP contribution is -2.55. The minimum Gasteiger partial charge on any atom is -0.461 e. The maximum absolute atomic E-state index is 12.8. The molecule has 0 aliphatic heterocycles. The molecule has 3 rings (SSSR count). The molecule has 3 aliphatic rings. The number of hydrogen-bond donors (Lipinski definition) is 1. The van der Waals surface area contributed by atoms with Gasteiger partial charge in [-0.3, -0.25) is 14.4 Å². The third-order valence-electron chi connectivity index (χ3n) is 6.40. The molecule has 5 atom stereocenters. The number of allylic oxidation sites excluding steroid dienone is 2. The van der Waals surface area contributed by atoms with E-state index in [-0.39, 0.29) is 42.3 Å². The van der Waals surface area contributed by atoms with Crippen LogP contribution in [0.15, 0.2) is 34.4 Å². The minimum absolute atomic E-state index is 0.0330. The van der Waals surface area contributed by atoms with E-state index in [9.17, 15) is 19.5 Å². The summed E-state index contributed by atoms with van der Waals surface area (Å²) in [4.78, 5) is 36.9. The van der Waals surface area contributed by atoms with E-state index in [4.69, 9.17) is 4.74 Å². The van der Waals surface area contributed by atoms with Gasteiger partial charge in [0.2, 0.25) is 0 Å². The largest absolute Gasteiger partial charge is 0.461 e. The van der Waals surface area contributed by atoms with Crippen molar-refractivity contribution >= 4 is 17.5 Å². The number of Topliss-reactive ketones (excluding diaryl/α,β-unsaturated/α-hetero) is 2. The Labute approximate surface area is 160 Å². The Balaban J connectivity index is 2.17. The van der Waals surface area contributed by atoms with Crippen molar-refractivity contribution in [2.24, 2.45) is 23.7 Å². The summed E-state index contributed by atoms with van der Waals surface area (Å²) in [6, 6.07) is 0. The Kier molecular flexibility index (Phi) is 5.02. The highest BCUT2D eigenvalue weighted by Gasteiger charge is 2.58. The fraction of sp³-hybridized carbons (Fsp3) is 0.591. The Morgan fingerprint density at radius 2 is 1.89 bits per heavy atom. The van der Waals surface area contributed by atoms with Crippen molar-refractivity contribution in [3.05, 3.63) is 34.4 Å². The molecule has 5 nitrogen and oxygen atoms in total. The fourth-order valence-corrected chi connectivity index (χ4v) is 5.09. The molecule has 0 saturated heterocycles. The van der Waals surface area contributed by atoms with Crippen LogP contribution in [0.25, 0.3) is 0 Å². The molecule has 0 heterocycles. The van der Waals surface area contributed by atoms with Crippen molar-refractivity contribution in [3.8, 4) is 0 Å². The van der Waals surface area contributed by atoms with E-state index >= 15 is 0 Å². The summed E-state index contributed by atoms with van der Waals surface area (Å²) in [5, 5.41) is 11.9. The zero-order valence-electron chi connectivity index (χ0n) is 16.7. The van der Waals surface area contributed by atoms with Crippen LogP contribution in [0.4, 0.5) is 0 Å². The Morgan fingerprint density at radius 1 is 1.22 bits per heavy atom. The third kappa shape index (κ3) is 3.12. The van der Waals surface area contributed by atoms with E-state index in [1.54, 1.807) is 6.92 Å². The Bertz CT molecular complexity index is 796. The summed E-state index contributed by atoms with van der Waals surface area (Å²) in [7, 11) is 0. The molecule has 0 amide bonds. The van der Waals surface area contributed by atoms with Gasteiger partial charge in [-0.05, 0) is 44.3 Å². The quantitative estimate of drug-likeness (QED) is 0.458. The molecule has 0 aromatic carbocycles. The van der Waals surface area contributed by atoms with E-state index < -0.39 is 17.5 Å². The summed E-state index contributed by atoms with van der Waals surface area (Å²) in [6.45, 7) is 8.86. The van der Waals surface area contributed by atoms with Gasteiger partial charge in [0.1, 0.15) is 6.61 Å². The molecule has 0 spiro atoms. The first-order valence-corrected chi connectivity index (χ1v) is 9.55. The second-order valence-electron chi connectivity index (χ2n) is 8.46. The summed E-state index contributed by atoms with van der Waals surface area (Å²) in [5.41, 5.74) is 1.74. The van der Waals surface area contributed by atoms with Gasteiger partial charge in [-0.1, -0.05) is 24.6 Å². The number of carbonyl (C=O) groups excluding carboxylic acids is 3. The van der Waals surface area contributed by atoms with Crippen LogP contribution in [0.1, 0.15) is 47.5 Å². The standard InChI is InChI=1S/C22H28O5/c1-11(2)20-18-9-15(10-27-14(5)23)8-16-17(6-12(3)21(16)25)22(18,26)13(4)7-19(20)24/h6,9,13,16-18,26H,7-8,10H2,1-5H3/t13-,16?,17?,18+,22+/m1/s1. The van der Waals surface area contributed by atoms with Gasteiger partial charge >= 0.3 is 5.97 Å². The van der Waals surface area contributed by atoms with Crippen LogP contribution in [0.3, 0.4) is 0 Å². The highest BCUT2D eigenvalue weighted by molar-refractivity contribution is 6.01. The first-order chi connectivity index (χ1) is 12.6. The number of rotatable bonds is 2. The van der Waals surface area contributed by atoms with Crippen molar-refractivity contribution in [2.75, 3.05) is 6.61 Å². The van der Waals surface area contributed by atoms with E-state index in [0.29, 0.717) is 17.6 Å². The van der Waals surface area contributed by atoms with Crippen LogP contribution in [0.5, 0.6) is 0 Å². The zero-order valence-corrected chi connectivity index (χ0v) is 16.7. The Hall–Kier alpha value is -2.01. The first kappa shape index (κ1) is 19.7. The molecule has 0 aromatic heterocycles. The number of aliphatic hydroxyl groups is 1. The molecule has 3 aliphatic carbocycles. The molecule has 0 bridgehead atoms. The topological polar surface area (TPSA) is 80.7 Å². The van der Waals surface area contributed by atoms with Gasteiger partial charge in [0.15, 0.2) is 11.6 Å². The number of ether oxygens (including phenoxy) is 1. The average Bonchev–Trinajstić information content (AvgIpc) is 2.77. The summed E-state index contributed by atoms with van der Waals surface area (Å²) in [6.07, 6.45) is 4.47. The molecule has 2 unspecified atom stereocenters. The molecule has 1 saturated carbocycles. The van der Waals surface area contributed by atoms with Crippen LogP contribution in [-0.2, 0) is 19.1 Å². The van der Waals surface area contributed by atoms with Crippen LogP contribution in [0.2, 0.25) is 0 Å². The average molecular weight is 372 g/mol. The Morgan fingerprint density at radius 3 is 2.48 bits per heavy atom. The molecular formula is C22H28O5. The van der Waals surface area contributed by atoms with E-state index in [1.807, 2.05) is 32.9 Å².